The Morgan fingerprint density at radius 3 is 2.60 bits per heavy atom. The minimum absolute atomic E-state index is 0.104. The molecule has 0 aliphatic heterocycles. The van der Waals surface area contributed by atoms with Gasteiger partial charge >= 0.3 is 0 Å². The molecule has 1 atom stereocenters. The van der Waals surface area contributed by atoms with E-state index in [1.807, 2.05) is 37.3 Å². The number of hydrogen-bond donors (Lipinski definition) is 1. The lowest BCUT2D eigenvalue weighted by Gasteiger charge is -2.10. The van der Waals surface area contributed by atoms with E-state index in [0.29, 0.717) is 17.1 Å². The topological polar surface area (TPSA) is 76.1 Å². The quantitative estimate of drug-likeness (QED) is 0.736. The van der Waals surface area contributed by atoms with Gasteiger partial charge in [-0.3, -0.25) is 4.79 Å². The number of sulfone groups is 1. The van der Waals surface area contributed by atoms with Gasteiger partial charge in [0.15, 0.2) is 15.0 Å². The SMILES string of the molecule is C[C@@H](CC(=O)Nc1nc2ccc(S(C)(=O)=O)cc2s1)c1ccccc1. The first kappa shape index (κ1) is 17.6. The lowest BCUT2D eigenvalue weighted by molar-refractivity contribution is -0.116. The molecule has 3 aromatic rings. The lowest BCUT2D eigenvalue weighted by Crippen LogP contribution is -2.14. The summed E-state index contributed by atoms with van der Waals surface area (Å²) in [6.07, 6.45) is 1.53. The van der Waals surface area contributed by atoms with E-state index >= 15 is 0 Å². The third kappa shape index (κ3) is 4.24. The second kappa shape index (κ2) is 6.93. The highest BCUT2D eigenvalue weighted by atomic mass is 32.2. The minimum atomic E-state index is -3.26. The molecule has 0 radical (unpaired) electrons. The van der Waals surface area contributed by atoms with Crippen LogP contribution in [0.1, 0.15) is 24.8 Å². The van der Waals surface area contributed by atoms with E-state index in [4.69, 9.17) is 0 Å². The second-order valence-corrected chi connectivity index (χ2v) is 9.03. The fourth-order valence-corrected chi connectivity index (χ4v) is 4.18. The summed E-state index contributed by atoms with van der Waals surface area (Å²) in [7, 11) is -3.26. The zero-order chi connectivity index (χ0) is 18.0. The van der Waals surface area contributed by atoms with E-state index in [2.05, 4.69) is 10.3 Å². The Hall–Kier alpha value is -2.25. The standard InChI is InChI=1S/C18H18N2O3S2/c1-12(13-6-4-3-5-7-13)10-17(21)20-18-19-15-9-8-14(25(2,22)23)11-16(15)24-18/h3-9,11-12H,10H2,1-2H3,(H,19,20,21)/t12-/m0/s1. The molecule has 0 fully saturated rings. The number of carbonyl (C=O) groups is 1. The van der Waals surface area contributed by atoms with Crippen LogP contribution in [-0.2, 0) is 14.6 Å². The van der Waals surface area contributed by atoms with E-state index in [-0.39, 0.29) is 16.7 Å². The van der Waals surface area contributed by atoms with Crippen molar-refractivity contribution in [3.63, 3.8) is 0 Å². The van der Waals surface area contributed by atoms with Crippen LogP contribution >= 0.6 is 11.3 Å². The average Bonchev–Trinajstić information content (AvgIpc) is 2.95. The molecule has 130 valence electrons. The van der Waals surface area contributed by atoms with Gasteiger partial charge in [0.1, 0.15) is 0 Å². The molecule has 0 unspecified atom stereocenters. The van der Waals surface area contributed by atoms with Crippen LogP contribution in [0.3, 0.4) is 0 Å². The lowest BCUT2D eigenvalue weighted by atomic mass is 9.98. The predicted octanol–water partition coefficient (Wildman–Crippen LogP) is 3.83. The zero-order valence-corrected chi connectivity index (χ0v) is 15.5. The van der Waals surface area contributed by atoms with Crippen LogP contribution in [0.2, 0.25) is 0 Å². The maximum Gasteiger partial charge on any atom is 0.226 e. The number of anilines is 1. The molecule has 0 saturated heterocycles. The fourth-order valence-electron chi connectivity index (χ4n) is 2.54. The van der Waals surface area contributed by atoms with Crippen molar-refractivity contribution in [1.82, 2.24) is 4.98 Å². The number of nitrogens with one attached hydrogen (secondary N) is 1. The second-order valence-electron chi connectivity index (χ2n) is 5.98. The Bertz CT molecular complexity index is 1010. The normalized spacial score (nSPS) is 12.9. The first-order valence-corrected chi connectivity index (χ1v) is 10.5. The minimum Gasteiger partial charge on any atom is -0.302 e. The van der Waals surface area contributed by atoms with Crippen LogP contribution < -0.4 is 5.32 Å². The summed E-state index contributed by atoms with van der Waals surface area (Å²) in [4.78, 5) is 16.9. The highest BCUT2D eigenvalue weighted by molar-refractivity contribution is 7.90. The number of fused-ring (bicyclic) bond motifs is 1. The van der Waals surface area contributed by atoms with E-state index in [1.54, 1.807) is 12.1 Å². The fraction of sp³-hybridized carbons (Fsp3) is 0.222. The maximum absolute atomic E-state index is 12.3. The van der Waals surface area contributed by atoms with Crippen LogP contribution in [0.25, 0.3) is 10.2 Å². The van der Waals surface area contributed by atoms with Crippen molar-refractivity contribution in [3.05, 3.63) is 54.1 Å². The molecule has 0 spiro atoms. The number of carbonyl (C=O) groups excluding carboxylic acids is 1. The molecule has 7 heteroatoms. The third-order valence-electron chi connectivity index (χ3n) is 3.89. The van der Waals surface area contributed by atoms with Crippen LogP contribution in [-0.4, -0.2) is 25.6 Å². The van der Waals surface area contributed by atoms with Crippen molar-refractivity contribution in [2.45, 2.75) is 24.2 Å². The predicted molar refractivity (Wildman–Crippen MR) is 101 cm³/mol. The molecule has 0 aliphatic rings. The number of amides is 1. The van der Waals surface area contributed by atoms with Crippen LogP contribution in [0, 0.1) is 0 Å². The van der Waals surface area contributed by atoms with Gasteiger partial charge in [0, 0.05) is 12.7 Å². The number of nitrogens with zero attached hydrogens (tertiary/aromatic N) is 1. The number of hydrogen-bond acceptors (Lipinski definition) is 5. The molecule has 0 saturated carbocycles. The summed E-state index contributed by atoms with van der Waals surface area (Å²) in [5.74, 6) is -0.00818. The average molecular weight is 374 g/mol. The van der Waals surface area contributed by atoms with Gasteiger partial charge in [-0.1, -0.05) is 48.6 Å². The largest absolute Gasteiger partial charge is 0.302 e. The van der Waals surface area contributed by atoms with Crippen molar-refractivity contribution in [2.75, 3.05) is 11.6 Å². The Morgan fingerprint density at radius 2 is 1.92 bits per heavy atom. The molecule has 1 heterocycles. The molecular weight excluding hydrogens is 356 g/mol. The number of aromatic nitrogens is 1. The van der Waals surface area contributed by atoms with Gasteiger partial charge < -0.3 is 5.32 Å². The van der Waals surface area contributed by atoms with E-state index in [0.717, 1.165) is 10.3 Å². The Balaban J connectivity index is 1.73. The van der Waals surface area contributed by atoms with Crippen LogP contribution in [0.4, 0.5) is 5.13 Å². The first-order chi connectivity index (χ1) is 11.8. The number of thiazole rings is 1. The summed E-state index contributed by atoms with van der Waals surface area (Å²) in [6.45, 7) is 2.01. The Kier molecular flexibility index (Phi) is 4.87. The van der Waals surface area contributed by atoms with Gasteiger partial charge in [-0.2, -0.15) is 0 Å². The van der Waals surface area contributed by atoms with Crippen molar-refractivity contribution in [1.29, 1.82) is 0 Å². The number of rotatable bonds is 5. The summed E-state index contributed by atoms with van der Waals surface area (Å²) in [5.41, 5.74) is 1.78. The van der Waals surface area contributed by atoms with Gasteiger partial charge in [-0.05, 0) is 29.7 Å². The molecular formula is C18H18N2O3S2. The maximum atomic E-state index is 12.3. The first-order valence-electron chi connectivity index (χ1n) is 7.78. The highest BCUT2D eigenvalue weighted by Gasteiger charge is 2.14. The smallest absolute Gasteiger partial charge is 0.226 e. The Labute approximate surface area is 150 Å². The molecule has 2 aromatic carbocycles. The van der Waals surface area contributed by atoms with Crippen LogP contribution in [0.5, 0.6) is 0 Å². The van der Waals surface area contributed by atoms with Gasteiger partial charge in [-0.15, -0.1) is 0 Å². The molecule has 0 bridgehead atoms. The van der Waals surface area contributed by atoms with E-state index in [1.165, 1.54) is 23.7 Å². The van der Waals surface area contributed by atoms with E-state index in [9.17, 15) is 13.2 Å². The van der Waals surface area contributed by atoms with Gasteiger partial charge in [0.2, 0.25) is 5.91 Å². The van der Waals surface area contributed by atoms with Crippen molar-refractivity contribution < 1.29 is 13.2 Å². The summed E-state index contributed by atoms with van der Waals surface area (Å²) < 4.78 is 24.0. The molecule has 5 nitrogen and oxygen atoms in total. The zero-order valence-electron chi connectivity index (χ0n) is 13.9. The van der Waals surface area contributed by atoms with Gasteiger partial charge in [-0.25, -0.2) is 13.4 Å². The molecule has 25 heavy (non-hydrogen) atoms. The summed E-state index contributed by atoms with van der Waals surface area (Å²) in [6, 6.07) is 14.6. The highest BCUT2D eigenvalue weighted by Crippen LogP contribution is 2.29. The summed E-state index contributed by atoms with van der Waals surface area (Å²) >= 11 is 1.27. The van der Waals surface area contributed by atoms with Crippen molar-refractivity contribution >= 4 is 42.4 Å². The third-order valence-corrected chi connectivity index (χ3v) is 5.94. The summed E-state index contributed by atoms with van der Waals surface area (Å²) in [5, 5.41) is 3.29. The molecule has 1 amide bonds. The van der Waals surface area contributed by atoms with Crippen molar-refractivity contribution in [2.24, 2.45) is 0 Å². The molecule has 3 rings (SSSR count). The van der Waals surface area contributed by atoms with E-state index < -0.39 is 9.84 Å². The van der Waals surface area contributed by atoms with Gasteiger partial charge in [0.25, 0.3) is 0 Å². The molecule has 1 N–H and O–H groups in total. The Morgan fingerprint density at radius 1 is 1.20 bits per heavy atom. The molecule has 1 aromatic heterocycles. The number of benzene rings is 2. The van der Waals surface area contributed by atoms with Gasteiger partial charge in [0.05, 0.1) is 15.1 Å². The van der Waals surface area contributed by atoms with Crippen LogP contribution in [0.15, 0.2) is 53.4 Å². The molecule has 0 aliphatic carbocycles. The monoisotopic (exact) mass is 374 g/mol. The van der Waals surface area contributed by atoms with Crippen molar-refractivity contribution in [3.8, 4) is 0 Å².